The molecular formula is C19H22N4O2. The van der Waals surface area contributed by atoms with Crippen LogP contribution in [-0.4, -0.2) is 28.9 Å². The van der Waals surface area contributed by atoms with Crippen molar-refractivity contribution >= 4 is 5.91 Å². The highest BCUT2D eigenvalue weighted by Crippen LogP contribution is 2.31. The summed E-state index contributed by atoms with van der Waals surface area (Å²) in [6.45, 7) is 5.52. The highest BCUT2D eigenvalue weighted by Gasteiger charge is 2.43. The lowest BCUT2D eigenvalue weighted by Gasteiger charge is -2.17. The molecule has 25 heavy (non-hydrogen) atoms. The second-order valence-electron chi connectivity index (χ2n) is 6.59. The first-order valence-electron chi connectivity index (χ1n) is 8.46. The molecule has 6 heteroatoms. The highest BCUT2D eigenvalue weighted by molar-refractivity contribution is 5.84. The molecule has 2 N–H and O–H groups in total. The molecule has 1 amide bonds. The second-order valence-corrected chi connectivity index (χ2v) is 6.59. The van der Waals surface area contributed by atoms with Gasteiger partial charge in [0.2, 0.25) is 11.8 Å². The summed E-state index contributed by atoms with van der Waals surface area (Å²) < 4.78 is 5.82. The Kier molecular flexibility index (Phi) is 4.60. The Morgan fingerprint density at radius 3 is 2.72 bits per heavy atom. The zero-order valence-electron chi connectivity index (χ0n) is 14.6. The maximum absolute atomic E-state index is 11.6. The molecule has 2 aromatic rings. The van der Waals surface area contributed by atoms with Crippen molar-refractivity contribution in [3.63, 3.8) is 0 Å². The number of aromatic nitrogens is 1. The van der Waals surface area contributed by atoms with Gasteiger partial charge in [0.1, 0.15) is 11.2 Å². The third-order valence-corrected chi connectivity index (χ3v) is 4.91. The van der Waals surface area contributed by atoms with Gasteiger partial charge in [-0.2, -0.15) is 5.26 Å². The summed E-state index contributed by atoms with van der Waals surface area (Å²) in [6, 6.07) is 10.3. The van der Waals surface area contributed by atoms with Gasteiger partial charge in [-0.05, 0) is 37.5 Å². The predicted molar refractivity (Wildman–Crippen MR) is 93.2 cm³/mol. The van der Waals surface area contributed by atoms with E-state index < -0.39 is 11.3 Å². The highest BCUT2D eigenvalue weighted by atomic mass is 16.4. The summed E-state index contributed by atoms with van der Waals surface area (Å²) in [5.74, 6) is 0.796. The SMILES string of the molecule is CCc1ccc(-c2nc(CN3CCC(C#N)(C(N)=O)C3)c(C)o2)cc1. The van der Waals surface area contributed by atoms with Crippen molar-refractivity contribution in [1.29, 1.82) is 5.26 Å². The molecule has 1 aromatic carbocycles. The first kappa shape index (κ1) is 17.2. The Morgan fingerprint density at radius 1 is 1.44 bits per heavy atom. The van der Waals surface area contributed by atoms with Gasteiger partial charge in [0.25, 0.3) is 0 Å². The van der Waals surface area contributed by atoms with Crippen molar-refractivity contribution in [1.82, 2.24) is 9.88 Å². The van der Waals surface area contributed by atoms with Crippen LogP contribution < -0.4 is 5.73 Å². The number of carbonyl (C=O) groups is 1. The van der Waals surface area contributed by atoms with Gasteiger partial charge in [-0.3, -0.25) is 9.69 Å². The van der Waals surface area contributed by atoms with Crippen LogP contribution in [0.15, 0.2) is 28.7 Å². The van der Waals surface area contributed by atoms with E-state index in [-0.39, 0.29) is 0 Å². The molecule has 3 rings (SSSR count). The van der Waals surface area contributed by atoms with Crippen molar-refractivity contribution in [2.45, 2.75) is 33.2 Å². The van der Waals surface area contributed by atoms with Crippen LogP contribution in [-0.2, 0) is 17.8 Å². The van der Waals surface area contributed by atoms with Crippen molar-refractivity contribution in [2.24, 2.45) is 11.1 Å². The van der Waals surface area contributed by atoms with Crippen LogP contribution in [0.5, 0.6) is 0 Å². The molecule has 6 nitrogen and oxygen atoms in total. The number of rotatable bonds is 5. The fourth-order valence-electron chi connectivity index (χ4n) is 3.16. The first-order valence-corrected chi connectivity index (χ1v) is 8.46. The minimum absolute atomic E-state index is 0.339. The van der Waals surface area contributed by atoms with Crippen LogP contribution >= 0.6 is 0 Å². The topological polar surface area (TPSA) is 96.1 Å². The molecule has 130 valence electrons. The fourth-order valence-corrected chi connectivity index (χ4v) is 3.16. The van der Waals surface area contributed by atoms with E-state index in [0.29, 0.717) is 31.9 Å². The van der Waals surface area contributed by atoms with Gasteiger partial charge in [-0.15, -0.1) is 0 Å². The molecular weight excluding hydrogens is 316 g/mol. The number of nitriles is 1. The van der Waals surface area contributed by atoms with Crippen molar-refractivity contribution in [2.75, 3.05) is 13.1 Å². The molecule has 0 saturated carbocycles. The van der Waals surface area contributed by atoms with E-state index in [9.17, 15) is 10.1 Å². The summed E-state index contributed by atoms with van der Waals surface area (Å²) in [6.07, 6.45) is 1.45. The number of likely N-dealkylation sites (tertiary alicyclic amines) is 1. The smallest absolute Gasteiger partial charge is 0.239 e. The number of amides is 1. The number of nitrogens with two attached hydrogens (primary N) is 1. The third-order valence-electron chi connectivity index (χ3n) is 4.91. The molecule has 0 radical (unpaired) electrons. The number of carbonyl (C=O) groups excluding carboxylic acids is 1. The Labute approximate surface area is 147 Å². The van der Waals surface area contributed by atoms with Crippen molar-refractivity contribution in [3.05, 3.63) is 41.3 Å². The second kappa shape index (κ2) is 6.69. The van der Waals surface area contributed by atoms with Crippen LogP contribution in [0.2, 0.25) is 0 Å². The monoisotopic (exact) mass is 338 g/mol. The number of hydrogen-bond acceptors (Lipinski definition) is 5. The maximum atomic E-state index is 11.6. The summed E-state index contributed by atoms with van der Waals surface area (Å²) in [7, 11) is 0. The average molecular weight is 338 g/mol. The van der Waals surface area contributed by atoms with E-state index in [1.54, 1.807) is 0 Å². The minimum atomic E-state index is -1.09. The van der Waals surface area contributed by atoms with E-state index in [2.05, 4.69) is 30.1 Å². The maximum Gasteiger partial charge on any atom is 0.239 e. The molecule has 0 bridgehead atoms. The largest absolute Gasteiger partial charge is 0.441 e. The first-order chi connectivity index (χ1) is 12.0. The standard InChI is InChI=1S/C19H22N4O2/c1-3-14-4-6-15(7-5-14)17-22-16(13(2)25-17)10-23-9-8-19(11-20,12-23)18(21)24/h4-7H,3,8-10,12H2,1-2H3,(H2,21,24). The van der Waals surface area contributed by atoms with Gasteiger partial charge < -0.3 is 10.2 Å². The van der Waals surface area contributed by atoms with Crippen LogP contribution in [0.3, 0.4) is 0 Å². The zero-order valence-corrected chi connectivity index (χ0v) is 14.6. The third kappa shape index (κ3) is 3.28. The van der Waals surface area contributed by atoms with Crippen LogP contribution in [0.4, 0.5) is 0 Å². The van der Waals surface area contributed by atoms with E-state index in [1.165, 1.54) is 5.56 Å². The molecule has 2 heterocycles. The fraction of sp³-hybridized carbons (Fsp3) is 0.421. The Hall–Kier alpha value is -2.65. The van der Waals surface area contributed by atoms with Crippen LogP contribution in [0, 0.1) is 23.7 Å². The van der Waals surface area contributed by atoms with E-state index in [4.69, 9.17) is 10.2 Å². The van der Waals surface area contributed by atoms with Gasteiger partial charge in [0.15, 0.2) is 0 Å². The van der Waals surface area contributed by atoms with Crippen molar-refractivity contribution < 1.29 is 9.21 Å². The molecule has 1 atom stereocenters. The number of oxazole rings is 1. The summed E-state index contributed by atoms with van der Waals surface area (Å²) >= 11 is 0. The Morgan fingerprint density at radius 2 is 2.16 bits per heavy atom. The molecule has 1 unspecified atom stereocenters. The quantitative estimate of drug-likeness (QED) is 0.903. The number of benzene rings is 1. The zero-order chi connectivity index (χ0) is 18.0. The molecule has 1 aliphatic rings. The molecule has 1 aliphatic heterocycles. The number of hydrogen-bond donors (Lipinski definition) is 1. The number of primary amides is 1. The lowest BCUT2D eigenvalue weighted by molar-refractivity contribution is -0.124. The van der Waals surface area contributed by atoms with Gasteiger partial charge in [0, 0.05) is 25.2 Å². The summed E-state index contributed by atoms with van der Waals surface area (Å²) in [5.41, 5.74) is 7.36. The van der Waals surface area contributed by atoms with Crippen LogP contribution in [0.1, 0.15) is 30.4 Å². The minimum Gasteiger partial charge on any atom is -0.441 e. The molecule has 0 spiro atoms. The molecule has 1 saturated heterocycles. The van der Waals surface area contributed by atoms with E-state index >= 15 is 0 Å². The summed E-state index contributed by atoms with van der Waals surface area (Å²) in [5, 5.41) is 9.31. The van der Waals surface area contributed by atoms with Gasteiger partial charge in [-0.1, -0.05) is 19.1 Å². The average Bonchev–Trinajstić information content (AvgIpc) is 3.20. The number of nitrogens with zero attached hydrogens (tertiary/aromatic N) is 3. The van der Waals surface area contributed by atoms with E-state index in [1.807, 2.05) is 24.0 Å². The number of aryl methyl sites for hydroxylation is 2. The summed E-state index contributed by atoms with van der Waals surface area (Å²) in [4.78, 5) is 18.2. The Bertz CT molecular complexity index is 819. The lowest BCUT2D eigenvalue weighted by atomic mass is 9.88. The molecule has 1 fully saturated rings. The van der Waals surface area contributed by atoms with Gasteiger partial charge >= 0.3 is 0 Å². The normalized spacial score (nSPS) is 20.5. The van der Waals surface area contributed by atoms with Crippen LogP contribution in [0.25, 0.3) is 11.5 Å². The predicted octanol–water partition coefficient (Wildman–Crippen LogP) is 2.41. The Balaban J connectivity index is 1.75. The van der Waals surface area contributed by atoms with Gasteiger partial charge in [0.05, 0.1) is 11.8 Å². The van der Waals surface area contributed by atoms with E-state index in [0.717, 1.165) is 23.4 Å². The lowest BCUT2D eigenvalue weighted by Crippen LogP contribution is -2.38. The van der Waals surface area contributed by atoms with Crippen molar-refractivity contribution in [3.8, 4) is 17.5 Å². The molecule has 0 aliphatic carbocycles. The van der Waals surface area contributed by atoms with Gasteiger partial charge in [-0.25, -0.2) is 4.98 Å². The molecule has 1 aromatic heterocycles.